The lowest BCUT2D eigenvalue weighted by atomic mass is 9.90. The van der Waals surface area contributed by atoms with E-state index in [1.165, 1.54) is 12.1 Å². The lowest BCUT2D eigenvalue weighted by molar-refractivity contribution is -0.123. The molecule has 0 saturated carbocycles. The van der Waals surface area contributed by atoms with Crippen molar-refractivity contribution in [2.45, 2.75) is 32.2 Å². The highest BCUT2D eigenvalue weighted by atomic mass is 35.5. The molecular weight excluding hydrogens is 229 g/mol. The standard InChI is InChI=1S/C12H15ClFNO/c1-3-12(2,15)11(16)7-8-9(13)5-4-6-10(8)14/h4-6H,3,7,15H2,1-2H3. The van der Waals surface area contributed by atoms with Gasteiger partial charge in [-0.1, -0.05) is 24.6 Å². The summed E-state index contributed by atoms with van der Waals surface area (Å²) in [6, 6.07) is 4.36. The topological polar surface area (TPSA) is 43.1 Å². The van der Waals surface area contributed by atoms with Crippen molar-refractivity contribution in [3.8, 4) is 0 Å². The monoisotopic (exact) mass is 243 g/mol. The number of carbonyl (C=O) groups is 1. The van der Waals surface area contributed by atoms with Gasteiger partial charge in [0, 0.05) is 17.0 Å². The van der Waals surface area contributed by atoms with Crippen LogP contribution >= 0.6 is 11.6 Å². The lowest BCUT2D eigenvalue weighted by Gasteiger charge is -2.21. The van der Waals surface area contributed by atoms with Gasteiger partial charge in [0.15, 0.2) is 5.78 Å². The largest absolute Gasteiger partial charge is 0.319 e. The van der Waals surface area contributed by atoms with Crippen molar-refractivity contribution >= 4 is 17.4 Å². The highest BCUT2D eigenvalue weighted by Gasteiger charge is 2.27. The van der Waals surface area contributed by atoms with E-state index in [-0.39, 0.29) is 22.8 Å². The van der Waals surface area contributed by atoms with Gasteiger partial charge in [0.1, 0.15) is 5.82 Å². The van der Waals surface area contributed by atoms with Gasteiger partial charge in [-0.2, -0.15) is 0 Å². The molecule has 0 aliphatic rings. The van der Waals surface area contributed by atoms with Crippen LogP contribution in [0.5, 0.6) is 0 Å². The van der Waals surface area contributed by atoms with Crippen molar-refractivity contribution in [3.63, 3.8) is 0 Å². The summed E-state index contributed by atoms with van der Waals surface area (Å²) in [6.45, 7) is 3.46. The minimum absolute atomic E-state index is 0.0631. The Balaban J connectivity index is 2.94. The van der Waals surface area contributed by atoms with E-state index in [4.69, 9.17) is 17.3 Å². The van der Waals surface area contributed by atoms with Crippen molar-refractivity contribution < 1.29 is 9.18 Å². The first kappa shape index (κ1) is 13.1. The molecule has 0 saturated heterocycles. The molecule has 1 aromatic rings. The summed E-state index contributed by atoms with van der Waals surface area (Å²) in [5, 5.41) is 0.264. The summed E-state index contributed by atoms with van der Waals surface area (Å²) < 4.78 is 13.4. The van der Waals surface area contributed by atoms with E-state index in [2.05, 4.69) is 0 Å². The third-order valence-electron chi connectivity index (χ3n) is 2.77. The molecule has 0 bridgehead atoms. The van der Waals surface area contributed by atoms with Crippen LogP contribution in [0.4, 0.5) is 4.39 Å². The highest BCUT2D eigenvalue weighted by Crippen LogP contribution is 2.21. The summed E-state index contributed by atoms with van der Waals surface area (Å²) in [5.41, 5.74) is 5.09. The maximum atomic E-state index is 13.4. The number of ketones is 1. The van der Waals surface area contributed by atoms with Crippen molar-refractivity contribution in [2.75, 3.05) is 0 Å². The van der Waals surface area contributed by atoms with Crippen LogP contribution in [0.3, 0.4) is 0 Å². The first-order valence-corrected chi connectivity index (χ1v) is 5.51. The fourth-order valence-corrected chi connectivity index (χ4v) is 1.49. The SMILES string of the molecule is CCC(C)(N)C(=O)Cc1c(F)cccc1Cl. The third-order valence-corrected chi connectivity index (χ3v) is 3.12. The van der Waals surface area contributed by atoms with E-state index in [9.17, 15) is 9.18 Å². The molecule has 1 unspecified atom stereocenters. The van der Waals surface area contributed by atoms with Gasteiger partial charge in [-0.3, -0.25) is 4.79 Å². The number of carbonyl (C=O) groups excluding carboxylic acids is 1. The maximum Gasteiger partial charge on any atom is 0.156 e. The smallest absolute Gasteiger partial charge is 0.156 e. The second kappa shape index (κ2) is 4.93. The van der Waals surface area contributed by atoms with E-state index >= 15 is 0 Å². The molecule has 0 heterocycles. The number of rotatable bonds is 4. The minimum atomic E-state index is -0.925. The third kappa shape index (κ3) is 2.80. The van der Waals surface area contributed by atoms with E-state index in [0.717, 1.165) is 0 Å². The molecule has 0 fully saturated rings. The molecule has 1 rings (SSSR count). The number of benzene rings is 1. The minimum Gasteiger partial charge on any atom is -0.319 e. The molecule has 1 atom stereocenters. The molecule has 0 aromatic heterocycles. The first-order valence-electron chi connectivity index (χ1n) is 5.13. The maximum absolute atomic E-state index is 13.4. The van der Waals surface area contributed by atoms with Gasteiger partial charge in [-0.05, 0) is 25.5 Å². The zero-order chi connectivity index (χ0) is 12.3. The average molecular weight is 244 g/mol. The number of Topliss-reactive ketones (excluding diaryl/α,β-unsaturated/α-hetero) is 1. The molecule has 1 aromatic carbocycles. The molecule has 16 heavy (non-hydrogen) atoms. The van der Waals surface area contributed by atoms with E-state index < -0.39 is 11.4 Å². The number of halogens is 2. The Morgan fingerprint density at radius 3 is 2.69 bits per heavy atom. The van der Waals surface area contributed by atoms with Crippen LogP contribution in [0.25, 0.3) is 0 Å². The van der Waals surface area contributed by atoms with Crippen LogP contribution < -0.4 is 5.73 Å². The molecule has 2 nitrogen and oxygen atoms in total. The van der Waals surface area contributed by atoms with Crippen LogP contribution in [0.2, 0.25) is 5.02 Å². The predicted octanol–water partition coefficient (Wildman–Crippen LogP) is 2.72. The van der Waals surface area contributed by atoms with Gasteiger partial charge in [-0.25, -0.2) is 4.39 Å². The Labute approximate surface area is 99.6 Å². The summed E-state index contributed by atoms with van der Waals surface area (Å²) >= 11 is 5.83. The number of nitrogens with two attached hydrogens (primary N) is 1. The first-order chi connectivity index (χ1) is 7.38. The Bertz CT molecular complexity index is 384. The van der Waals surface area contributed by atoms with E-state index in [1.54, 1.807) is 13.0 Å². The average Bonchev–Trinajstić information content (AvgIpc) is 2.23. The highest BCUT2D eigenvalue weighted by molar-refractivity contribution is 6.31. The Morgan fingerprint density at radius 1 is 1.56 bits per heavy atom. The predicted molar refractivity (Wildman–Crippen MR) is 63.0 cm³/mol. The van der Waals surface area contributed by atoms with Crippen molar-refractivity contribution in [1.82, 2.24) is 0 Å². The summed E-state index contributed by atoms with van der Waals surface area (Å²) in [6.07, 6.45) is 0.449. The molecular formula is C12H15ClFNO. The molecule has 0 radical (unpaired) electrons. The molecule has 0 aliphatic heterocycles. The summed E-state index contributed by atoms with van der Waals surface area (Å²) in [7, 11) is 0. The molecule has 2 N–H and O–H groups in total. The Morgan fingerprint density at radius 2 is 2.19 bits per heavy atom. The van der Waals surface area contributed by atoms with Gasteiger partial charge in [0.2, 0.25) is 0 Å². The fraction of sp³-hybridized carbons (Fsp3) is 0.417. The molecule has 4 heteroatoms. The van der Waals surface area contributed by atoms with Gasteiger partial charge in [0.25, 0.3) is 0 Å². The van der Waals surface area contributed by atoms with Crippen LogP contribution in [-0.4, -0.2) is 11.3 Å². The lowest BCUT2D eigenvalue weighted by Crippen LogP contribution is -2.45. The van der Waals surface area contributed by atoms with Crippen molar-refractivity contribution in [2.24, 2.45) is 5.73 Å². The molecule has 0 spiro atoms. The normalized spacial score (nSPS) is 14.6. The van der Waals surface area contributed by atoms with E-state index in [1.807, 2.05) is 6.92 Å². The number of hydrogen-bond acceptors (Lipinski definition) is 2. The summed E-state index contributed by atoms with van der Waals surface area (Å²) in [4.78, 5) is 11.8. The second-order valence-electron chi connectivity index (χ2n) is 4.07. The van der Waals surface area contributed by atoms with Crippen molar-refractivity contribution in [3.05, 3.63) is 34.6 Å². The molecule has 0 amide bonds. The van der Waals surface area contributed by atoms with Crippen LogP contribution in [0, 0.1) is 5.82 Å². The zero-order valence-corrected chi connectivity index (χ0v) is 10.1. The van der Waals surface area contributed by atoms with E-state index in [0.29, 0.717) is 6.42 Å². The van der Waals surface area contributed by atoms with Gasteiger partial charge >= 0.3 is 0 Å². The second-order valence-corrected chi connectivity index (χ2v) is 4.48. The van der Waals surface area contributed by atoms with Gasteiger partial charge in [0.05, 0.1) is 5.54 Å². The van der Waals surface area contributed by atoms with Crippen LogP contribution in [-0.2, 0) is 11.2 Å². The quantitative estimate of drug-likeness (QED) is 0.884. The Kier molecular flexibility index (Phi) is 4.05. The van der Waals surface area contributed by atoms with Gasteiger partial charge in [-0.15, -0.1) is 0 Å². The van der Waals surface area contributed by atoms with Crippen LogP contribution in [0.15, 0.2) is 18.2 Å². The van der Waals surface area contributed by atoms with Crippen molar-refractivity contribution in [1.29, 1.82) is 0 Å². The van der Waals surface area contributed by atoms with Gasteiger partial charge < -0.3 is 5.73 Å². The fourth-order valence-electron chi connectivity index (χ4n) is 1.26. The molecule has 88 valence electrons. The Hall–Kier alpha value is -0.930. The zero-order valence-electron chi connectivity index (χ0n) is 9.39. The number of hydrogen-bond donors (Lipinski definition) is 1. The van der Waals surface area contributed by atoms with Crippen LogP contribution in [0.1, 0.15) is 25.8 Å². The molecule has 0 aliphatic carbocycles. The summed E-state index contributed by atoms with van der Waals surface area (Å²) in [5.74, 6) is -0.672.